The van der Waals surface area contributed by atoms with Gasteiger partial charge >= 0.3 is 5.69 Å². The van der Waals surface area contributed by atoms with Crippen LogP contribution in [0.25, 0.3) is 0 Å². The number of aromatic nitrogens is 2. The van der Waals surface area contributed by atoms with Crippen molar-refractivity contribution in [1.82, 2.24) is 9.66 Å². The maximum atomic E-state index is 11.4. The largest absolute Gasteiger partial charge is 0.347 e. The van der Waals surface area contributed by atoms with Crippen LogP contribution in [0.2, 0.25) is 0 Å². The van der Waals surface area contributed by atoms with E-state index in [9.17, 15) is 9.59 Å². The number of rotatable bonds is 4. The number of aryl methyl sites for hydroxylation is 1. The molecule has 1 heterocycles. The molecule has 0 aliphatic heterocycles. The van der Waals surface area contributed by atoms with Gasteiger partial charge in [-0.05, 0) is 19.3 Å². The molecule has 0 radical (unpaired) electrons. The minimum Gasteiger partial charge on any atom is -0.332 e. The van der Waals surface area contributed by atoms with E-state index in [1.54, 1.807) is 6.08 Å². The van der Waals surface area contributed by atoms with Crippen LogP contribution in [0.3, 0.4) is 0 Å². The predicted molar refractivity (Wildman–Crippen MR) is 54.6 cm³/mol. The average molecular weight is 195 g/mol. The molecule has 5 heteroatoms. The predicted octanol–water partition coefficient (Wildman–Crippen LogP) is -0.241. The van der Waals surface area contributed by atoms with Crippen molar-refractivity contribution in [3.05, 3.63) is 45.3 Å². The van der Waals surface area contributed by atoms with E-state index >= 15 is 0 Å². The molecule has 0 spiro atoms. The molecule has 5 nitrogen and oxygen atoms in total. The van der Waals surface area contributed by atoms with Crippen LogP contribution in [0.15, 0.2) is 28.4 Å². The number of allylic oxidation sites excluding steroid dienone is 1. The second kappa shape index (κ2) is 4.45. The van der Waals surface area contributed by atoms with Gasteiger partial charge < -0.3 is 10.8 Å². The van der Waals surface area contributed by atoms with Gasteiger partial charge in [0.05, 0.1) is 0 Å². The van der Waals surface area contributed by atoms with E-state index in [1.807, 2.05) is 0 Å². The van der Waals surface area contributed by atoms with E-state index < -0.39 is 11.2 Å². The summed E-state index contributed by atoms with van der Waals surface area (Å²) in [6, 6.07) is 0. The quantitative estimate of drug-likeness (QED) is 0.395. The first-order chi connectivity index (χ1) is 6.66. The first-order valence-corrected chi connectivity index (χ1v) is 4.36. The van der Waals surface area contributed by atoms with Crippen LogP contribution >= 0.6 is 0 Å². The lowest BCUT2D eigenvalue weighted by atomic mass is 10.1. The van der Waals surface area contributed by atoms with Gasteiger partial charge in [-0.2, -0.15) is 4.68 Å². The Balaban J connectivity index is 2.89. The van der Waals surface area contributed by atoms with Gasteiger partial charge in [0.2, 0.25) is 0 Å². The van der Waals surface area contributed by atoms with Crippen molar-refractivity contribution in [2.45, 2.75) is 19.3 Å². The molecule has 0 aliphatic carbocycles. The highest BCUT2D eigenvalue weighted by molar-refractivity contribution is 5.04. The van der Waals surface area contributed by atoms with Crippen molar-refractivity contribution < 1.29 is 0 Å². The third-order valence-electron chi connectivity index (χ3n) is 1.94. The van der Waals surface area contributed by atoms with Crippen LogP contribution in [-0.2, 0) is 6.42 Å². The Kier molecular flexibility index (Phi) is 3.28. The maximum absolute atomic E-state index is 11.4. The fourth-order valence-corrected chi connectivity index (χ4v) is 1.14. The van der Waals surface area contributed by atoms with Gasteiger partial charge in [-0.15, -0.1) is 6.58 Å². The van der Waals surface area contributed by atoms with Crippen molar-refractivity contribution in [1.29, 1.82) is 0 Å². The maximum Gasteiger partial charge on any atom is 0.347 e. The molecule has 1 aromatic rings. The van der Waals surface area contributed by atoms with Gasteiger partial charge in [0.25, 0.3) is 5.56 Å². The summed E-state index contributed by atoms with van der Waals surface area (Å²) < 4.78 is 0.587. The lowest BCUT2D eigenvalue weighted by molar-refractivity contribution is 0.766. The smallest absolute Gasteiger partial charge is 0.332 e. The topological polar surface area (TPSA) is 80.9 Å². The fraction of sp³-hybridized carbons (Fsp3) is 0.333. The third-order valence-corrected chi connectivity index (χ3v) is 1.94. The summed E-state index contributed by atoms with van der Waals surface area (Å²) in [5.74, 6) is 5.23. The minimum absolute atomic E-state index is 0.433. The van der Waals surface area contributed by atoms with Crippen molar-refractivity contribution in [3.63, 3.8) is 0 Å². The molecule has 0 bridgehead atoms. The lowest BCUT2D eigenvalue weighted by Gasteiger charge is -2.00. The van der Waals surface area contributed by atoms with Crippen molar-refractivity contribution >= 4 is 0 Å². The van der Waals surface area contributed by atoms with E-state index in [1.165, 1.54) is 6.20 Å². The van der Waals surface area contributed by atoms with Crippen LogP contribution in [0, 0.1) is 0 Å². The standard InChI is InChI=1S/C9H13N3O2/c1-2-3-4-5-7-6-11-9(14)12(10)8(7)13/h2,6H,1,3-5,10H2,(H,11,14). The number of hydrogen-bond donors (Lipinski definition) is 2. The van der Waals surface area contributed by atoms with E-state index in [0.717, 1.165) is 12.8 Å². The zero-order chi connectivity index (χ0) is 10.6. The molecule has 0 saturated carbocycles. The van der Waals surface area contributed by atoms with Gasteiger partial charge in [0.15, 0.2) is 0 Å². The minimum atomic E-state index is -0.595. The van der Waals surface area contributed by atoms with Crippen LogP contribution < -0.4 is 17.1 Å². The highest BCUT2D eigenvalue weighted by atomic mass is 16.2. The number of aromatic amines is 1. The lowest BCUT2D eigenvalue weighted by Crippen LogP contribution is -2.41. The molecule has 0 aromatic carbocycles. The second-order valence-electron chi connectivity index (χ2n) is 2.98. The van der Waals surface area contributed by atoms with E-state index in [-0.39, 0.29) is 0 Å². The SMILES string of the molecule is C=CCCCc1c[nH]c(=O)n(N)c1=O. The number of H-pyrrole nitrogens is 1. The molecule has 0 fully saturated rings. The Morgan fingerprint density at radius 1 is 1.57 bits per heavy atom. The number of hydrogen-bond acceptors (Lipinski definition) is 3. The number of nitrogens with one attached hydrogen (secondary N) is 1. The zero-order valence-electron chi connectivity index (χ0n) is 7.82. The van der Waals surface area contributed by atoms with E-state index in [0.29, 0.717) is 16.7 Å². The molecular formula is C9H13N3O2. The first-order valence-electron chi connectivity index (χ1n) is 4.36. The van der Waals surface area contributed by atoms with Crippen molar-refractivity contribution in [2.75, 3.05) is 5.84 Å². The second-order valence-corrected chi connectivity index (χ2v) is 2.98. The van der Waals surface area contributed by atoms with Gasteiger partial charge in [-0.3, -0.25) is 4.79 Å². The first kappa shape index (κ1) is 10.3. The fourth-order valence-electron chi connectivity index (χ4n) is 1.14. The highest BCUT2D eigenvalue weighted by Gasteiger charge is 2.03. The zero-order valence-corrected chi connectivity index (χ0v) is 7.82. The van der Waals surface area contributed by atoms with Crippen molar-refractivity contribution in [3.8, 4) is 0 Å². The number of nitrogen functional groups attached to an aromatic ring is 1. The Hall–Kier alpha value is -1.78. The van der Waals surface area contributed by atoms with Crippen LogP contribution in [0.1, 0.15) is 18.4 Å². The average Bonchev–Trinajstić information content (AvgIpc) is 2.18. The molecule has 0 aliphatic rings. The molecule has 76 valence electrons. The van der Waals surface area contributed by atoms with E-state index in [4.69, 9.17) is 5.84 Å². The van der Waals surface area contributed by atoms with Crippen molar-refractivity contribution in [2.24, 2.45) is 0 Å². The normalized spacial score (nSPS) is 10.0. The summed E-state index contributed by atoms with van der Waals surface area (Å²) in [4.78, 5) is 24.7. The van der Waals surface area contributed by atoms with Crippen LogP contribution in [-0.4, -0.2) is 9.66 Å². The Labute approximate surface area is 80.8 Å². The van der Waals surface area contributed by atoms with Gasteiger partial charge in [0.1, 0.15) is 0 Å². The molecule has 0 unspecified atom stereocenters. The summed E-state index contributed by atoms with van der Waals surface area (Å²) in [7, 11) is 0. The summed E-state index contributed by atoms with van der Waals surface area (Å²) >= 11 is 0. The van der Waals surface area contributed by atoms with Gasteiger partial charge in [-0.1, -0.05) is 6.08 Å². The molecule has 3 N–H and O–H groups in total. The Morgan fingerprint density at radius 3 is 2.93 bits per heavy atom. The van der Waals surface area contributed by atoms with Gasteiger partial charge in [0, 0.05) is 11.8 Å². The molecule has 1 aromatic heterocycles. The van der Waals surface area contributed by atoms with Gasteiger partial charge in [-0.25, -0.2) is 4.79 Å². The summed E-state index contributed by atoms with van der Waals surface area (Å²) in [5, 5.41) is 0. The number of unbranched alkanes of at least 4 members (excludes halogenated alkanes) is 1. The molecule has 0 amide bonds. The molecule has 0 saturated heterocycles. The molecule has 0 atom stereocenters. The van der Waals surface area contributed by atoms with Crippen LogP contribution in [0.4, 0.5) is 0 Å². The summed E-state index contributed by atoms with van der Waals surface area (Å²) in [6.45, 7) is 3.58. The Bertz CT molecular complexity index is 430. The van der Waals surface area contributed by atoms with E-state index in [2.05, 4.69) is 11.6 Å². The number of nitrogens with two attached hydrogens (primary N) is 1. The summed E-state index contributed by atoms with van der Waals surface area (Å²) in [6.07, 6.45) is 5.45. The summed E-state index contributed by atoms with van der Waals surface area (Å²) in [5.41, 5.74) is -0.505. The monoisotopic (exact) mass is 195 g/mol. The highest BCUT2D eigenvalue weighted by Crippen LogP contribution is 1.97. The molecular weight excluding hydrogens is 182 g/mol. The number of nitrogens with zero attached hydrogens (tertiary/aromatic N) is 1. The third kappa shape index (κ3) is 2.12. The Morgan fingerprint density at radius 2 is 2.29 bits per heavy atom. The molecule has 14 heavy (non-hydrogen) atoms. The van der Waals surface area contributed by atoms with Crippen LogP contribution in [0.5, 0.6) is 0 Å². The molecule has 1 rings (SSSR count).